The van der Waals surface area contributed by atoms with Gasteiger partial charge < -0.3 is 28.6 Å². The SMILES string of the molecule is CC(=O)Nc1ccc(S(=O)(=O)[O-])c2cc(S(=O)(=O)[O-])c(N=Nc3ccc(N=Nc4ccccc4S(=O)(=O)[O-])c4ccc(S(=O)(=O)[O-])cc34)c(O)c12.[Na+].[Na+].[Na+].[Na+]. The summed E-state index contributed by atoms with van der Waals surface area (Å²) in [5.74, 6) is -1.97. The largest absolute Gasteiger partial charge is 1.00 e. The quantitative estimate of drug-likeness (QED) is 0.0790. The van der Waals surface area contributed by atoms with Crippen molar-refractivity contribution in [2.45, 2.75) is 26.5 Å². The predicted octanol–water partition coefficient (Wildman–Crippen LogP) is -7.88. The summed E-state index contributed by atoms with van der Waals surface area (Å²) in [4.78, 5) is 7.92. The van der Waals surface area contributed by atoms with Gasteiger partial charge in [-0.05, 0) is 54.6 Å². The topological polar surface area (TPSA) is 328 Å². The van der Waals surface area contributed by atoms with E-state index in [2.05, 4.69) is 25.8 Å². The van der Waals surface area contributed by atoms with Gasteiger partial charge in [0.25, 0.3) is 0 Å². The van der Waals surface area contributed by atoms with Crippen molar-refractivity contribution in [1.82, 2.24) is 0 Å². The van der Waals surface area contributed by atoms with Crippen LogP contribution < -0.4 is 124 Å². The van der Waals surface area contributed by atoms with Crippen molar-refractivity contribution < 1.29 is 180 Å². The van der Waals surface area contributed by atoms with E-state index >= 15 is 0 Å². The first-order valence-electron chi connectivity index (χ1n) is 13.5. The van der Waals surface area contributed by atoms with Gasteiger partial charge >= 0.3 is 118 Å². The van der Waals surface area contributed by atoms with Crippen LogP contribution in [-0.2, 0) is 45.3 Å². The van der Waals surface area contributed by atoms with Crippen molar-refractivity contribution in [2.24, 2.45) is 20.5 Å². The standard InChI is InChI=1S/C28H21N5O14S4.4Na/c1-14(34)29-22-10-11-23(49(39,40)41)18-13-25(51(45,46)47)27(28(35)26(18)22)33-31-20-9-8-19(16-7-6-15(12-17(16)20)48(36,37)38)30-32-21-4-2-3-5-24(21)50(42,43)44;;;;/h2-13,35H,1H3,(H,29,34)(H,36,37,38)(H,39,40,41)(H,42,43,44)(H,45,46,47);;;;/q;4*+1/p-4. The Morgan fingerprint density at radius 1 is 0.564 bits per heavy atom. The molecular formula is C28H17N5Na4O14S4. The normalized spacial score (nSPS) is 12.1. The molecule has 5 aromatic carbocycles. The molecule has 0 bridgehead atoms. The third-order valence-corrected chi connectivity index (χ3v) is 10.4. The zero-order chi connectivity index (χ0) is 37.7. The van der Waals surface area contributed by atoms with E-state index in [1.807, 2.05) is 0 Å². The number of phenolic OH excluding ortho intramolecular Hbond substituents is 1. The number of hydrogen-bond donors (Lipinski definition) is 2. The van der Waals surface area contributed by atoms with Gasteiger partial charge in [0, 0.05) is 23.1 Å². The van der Waals surface area contributed by atoms with Gasteiger partial charge in [-0.3, -0.25) is 4.79 Å². The number of aromatic hydroxyl groups is 1. The van der Waals surface area contributed by atoms with E-state index < -0.39 is 88.2 Å². The van der Waals surface area contributed by atoms with Crippen molar-refractivity contribution in [3.05, 3.63) is 72.8 Å². The molecule has 0 saturated carbocycles. The molecule has 0 aromatic heterocycles. The number of fused-ring (bicyclic) bond motifs is 2. The van der Waals surface area contributed by atoms with Crippen molar-refractivity contribution in [1.29, 1.82) is 0 Å². The number of hydrogen-bond acceptors (Lipinski definition) is 18. The average Bonchev–Trinajstić information content (AvgIpc) is 3.01. The van der Waals surface area contributed by atoms with Crippen LogP contribution in [0, 0.1) is 0 Å². The van der Waals surface area contributed by atoms with Crippen molar-refractivity contribution in [3.8, 4) is 5.75 Å². The van der Waals surface area contributed by atoms with Gasteiger partial charge in [-0.15, -0.1) is 20.5 Å². The number of phenols is 1. The Morgan fingerprint density at radius 2 is 1.09 bits per heavy atom. The number of amides is 1. The summed E-state index contributed by atoms with van der Waals surface area (Å²) in [6.07, 6.45) is 0. The molecule has 27 heteroatoms. The summed E-state index contributed by atoms with van der Waals surface area (Å²) in [5, 5.41) is 27.1. The first-order valence-corrected chi connectivity index (χ1v) is 19.1. The third kappa shape index (κ3) is 11.9. The monoisotopic (exact) mass is 867 g/mol. The minimum atomic E-state index is -5.63. The number of carbonyl (C=O) groups is 1. The fraction of sp³-hybridized carbons (Fsp3) is 0.0357. The molecule has 1 amide bonds. The third-order valence-electron chi connectivity index (χ3n) is 6.91. The molecule has 0 aliphatic rings. The fourth-order valence-electron chi connectivity index (χ4n) is 4.82. The van der Waals surface area contributed by atoms with E-state index in [-0.39, 0.29) is 152 Å². The first-order chi connectivity index (χ1) is 23.6. The molecule has 0 fully saturated rings. The van der Waals surface area contributed by atoms with Gasteiger partial charge in [0.15, 0.2) is 5.75 Å². The van der Waals surface area contributed by atoms with Gasteiger partial charge in [0.05, 0.1) is 42.0 Å². The van der Waals surface area contributed by atoms with Crippen LogP contribution in [0.1, 0.15) is 6.92 Å². The molecule has 55 heavy (non-hydrogen) atoms. The zero-order valence-electron chi connectivity index (χ0n) is 29.1. The van der Waals surface area contributed by atoms with E-state index in [9.17, 15) is 61.8 Å². The summed E-state index contributed by atoms with van der Waals surface area (Å²) in [5.41, 5.74) is -2.22. The van der Waals surface area contributed by atoms with E-state index in [4.69, 9.17) is 0 Å². The molecule has 0 radical (unpaired) electrons. The second kappa shape index (κ2) is 19.7. The second-order valence-corrected chi connectivity index (χ2v) is 15.7. The molecule has 0 spiro atoms. The fourth-order valence-corrected chi connectivity index (χ4v) is 7.23. The van der Waals surface area contributed by atoms with Gasteiger partial charge in [-0.25, -0.2) is 33.7 Å². The van der Waals surface area contributed by atoms with E-state index in [1.54, 1.807) is 0 Å². The maximum Gasteiger partial charge on any atom is 1.00 e. The Balaban J connectivity index is 0.00000378. The Labute approximate surface area is 401 Å². The van der Waals surface area contributed by atoms with Crippen LogP contribution in [0.5, 0.6) is 5.75 Å². The van der Waals surface area contributed by atoms with Crippen LogP contribution in [-0.4, -0.2) is 62.9 Å². The number of anilines is 1. The smallest absolute Gasteiger partial charge is 0.744 e. The molecule has 2 N–H and O–H groups in total. The van der Waals surface area contributed by atoms with Gasteiger partial charge in [-0.2, -0.15) is 0 Å². The molecule has 5 rings (SSSR count). The van der Waals surface area contributed by atoms with Crippen molar-refractivity contribution in [3.63, 3.8) is 0 Å². The van der Waals surface area contributed by atoms with Gasteiger partial charge in [0.2, 0.25) is 5.91 Å². The number of benzene rings is 5. The molecule has 0 aliphatic carbocycles. The Morgan fingerprint density at radius 3 is 1.64 bits per heavy atom. The molecule has 0 aliphatic heterocycles. The Bertz CT molecular complexity index is 2840. The molecule has 0 heterocycles. The van der Waals surface area contributed by atoms with Gasteiger partial charge in [-0.1, -0.05) is 18.2 Å². The maximum absolute atomic E-state index is 12.3. The van der Waals surface area contributed by atoms with Gasteiger partial charge in [0.1, 0.15) is 51.8 Å². The van der Waals surface area contributed by atoms with E-state index in [1.165, 1.54) is 24.3 Å². The van der Waals surface area contributed by atoms with Crippen LogP contribution in [0.2, 0.25) is 0 Å². The minimum Gasteiger partial charge on any atom is -0.744 e. The van der Waals surface area contributed by atoms with Crippen molar-refractivity contribution >= 4 is 96.4 Å². The number of nitrogens with zero attached hydrogens (tertiary/aromatic N) is 4. The summed E-state index contributed by atoms with van der Waals surface area (Å²) >= 11 is 0. The van der Waals surface area contributed by atoms with Crippen LogP contribution in [0.4, 0.5) is 28.4 Å². The molecule has 0 unspecified atom stereocenters. The Kier molecular flexibility index (Phi) is 18.5. The van der Waals surface area contributed by atoms with Crippen LogP contribution in [0.15, 0.2) is 113 Å². The Hall–Kier alpha value is -1.27. The van der Waals surface area contributed by atoms with Crippen LogP contribution >= 0.6 is 0 Å². The van der Waals surface area contributed by atoms with Crippen LogP contribution in [0.25, 0.3) is 21.5 Å². The molecule has 0 atom stereocenters. The molecule has 266 valence electrons. The zero-order valence-corrected chi connectivity index (χ0v) is 40.4. The number of nitrogens with one attached hydrogen (secondary N) is 1. The predicted molar refractivity (Wildman–Crippen MR) is 171 cm³/mol. The molecular weight excluding hydrogens is 851 g/mol. The maximum atomic E-state index is 12.3. The van der Waals surface area contributed by atoms with Crippen molar-refractivity contribution in [2.75, 3.05) is 5.32 Å². The number of azo groups is 2. The molecule has 19 nitrogen and oxygen atoms in total. The summed E-state index contributed by atoms with van der Waals surface area (Å²) < 4.78 is 143. The summed E-state index contributed by atoms with van der Waals surface area (Å²) in [7, 11) is -21.1. The summed E-state index contributed by atoms with van der Waals surface area (Å²) in [6, 6.07) is 11.9. The number of carbonyl (C=O) groups excluding carboxylic acids is 1. The van der Waals surface area contributed by atoms with E-state index in [0.717, 1.165) is 43.3 Å². The average molecular weight is 868 g/mol. The van der Waals surface area contributed by atoms with E-state index in [0.29, 0.717) is 12.1 Å². The second-order valence-electron chi connectivity index (χ2n) is 10.3. The molecule has 5 aromatic rings. The summed E-state index contributed by atoms with van der Waals surface area (Å²) in [6.45, 7) is 1.04. The minimum absolute atomic E-state index is 0. The number of rotatable bonds is 9. The first kappa shape index (κ1) is 51.7. The molecule has 0 saturated heterocycles. The van der Waals surface area contributed by atoms with Crippen LogP contribution in [0.3, 0.4) is 0 Å².